The fourth-order valence-electron chi connectivity index (χ4n) is 4.88. The highest BCUT2D eigenvalue weighted by molar-refractivity contribution is 6.46. The van der Waals surface area contributed by atoms with Crippen LogP contribution in [0.25, 0.3) is 5.57 Å². The summed E-state index contributed by atoms with van der Waals surface area (Å²) < 4.78 is 0. The van der Waals surface area contributed by atoms with Gasteiger partial charge in [0.25, 0.3) is 11.8 Å². The van der Waals surface area contributed by atoms with Crippen LogP contribution in [0.1, 0.15) is 33.4 Å². The van der Waals surface area contributed by atoms with Crippen molar-refractivity contribution in [3.8, 4) is 0 Å². The second-order valence-electron chi connectivity index (χ2n) is 8.86. The molecule has 3 aromatic rings. The van der Waals surface area contributed by atoms with Crippen LogP contribution in [-0.4, -0.2) is 23.3 Å². The van der Waals surface area contributed by atoms with Gasteiger partial charge < -0.3 is 4.90 Å². The fraction of sp³-hybridized carbons (Fsp3) is 0.214. The van der Waals surface area contributed by atoms with Gasteiger partial charge >= 0.3 is 0 Å². The van der Waals surface area contributed by atoms with Crippen LogP contribution in [0.2, 0.25) is 5.02 Å². The van der Waals surface area contributed by atoms with Crippen LogP contribution >= 0.6 is 11.6 Å². The molecular formula is C28H25ClN2O2. The third kappa shape index (κ3) is 3.65. The van der Waals surface area contributed by atoms with Crippen molar-refractivity contribution >= 4 is 34.7 Å². The summed E-state index contributed by atoms with van der Waals surface area (Å²) in [5.41, 5.74) is 7.68. The molecule has 33 heavy (non-hydrogen) atoms. The molecule has 4 nitrogen and oxygen atoms in total. The SMILES string of the molecule is Cc1ccc(C2=C(N3CCc4ccccc4C3)C(=O)N(c3cc(Cl)ccc3C)C2=O)c(C)c1. The zero-order valence-electron chi connectivity index (χ0n) is 19.0. The smallest absolute Gasteiger partial charge is 0.282 e. The summed E-state index contributed by atoms with van der Waals surface area (Å²) in [7, 11) is 0. The summed E-state index contributed by atoms with van der Waals surface area (Å²) in [5.74, 6) is -0.592. The van der Waals surface area contributed by atoms with Crippen molar-refractivity contribution in [2.24, 2.45) is 0 Å². The molecule has 5 heteroatoms. The molecule has 2 aliphatic heterocycles. The van der Waals surface area contributed by atoms with Gasteiger partial charge in [0.2, 0.25) is 0 Å². The Morgan fingerprint density at radius 2 is 1.58 bits per heavy atom. The van der Waals surface area contributed by atoms with Crippen molar-refractivity contribution in [2.75, 3.05) is 11.4 Å². The molecule has 0 fully saturated rings. The van der Waals surface area contributed by atoms with Crippen molar-refractivity contribution in [3.05, 3.63) is 105 Å². The number of aryl methyl sites for hydroxylation is 3. The molecule has 2 aliphatic rings. The molecule has 0 saturated heterocycles. The molecule has 2 amide bonds. The Morgan fingerprint density at radius 1 is 0.818 bits per heavy atom. The zero-order valence-corrected chi connectivity index (χ0v) is 19.7. The maximum Gasteiger partial charge on any atom is 0.282 e. The van der Waals surface area contributed by atoms with Gasteiger partial charge in [0.05, 0.1) is 11.3 Å². The Balaban J connectivity index is 1.67. The number of amides is 2. The summed E-state index contributed by atoms with van der Waals surface area (Å²) in [6, 6.07) is 19.6. The fourth-order valence-corrected chi connectivity index (χ4v) is 5.04. The first kappa shape index (κ1) is 21.5. The molecule has 166 valence electrons. The third-order valence-electron chi connectivity index (χ3n) is 6.57. The summed E-state index contributed by atoms with van der Waals surface area (Å²) in [4.78, 5) is 31.2. The molecule has 0 N–H and O–H groups in total. The van der Waals surface area contributed by atoms with Crippen molar-refractivity contribution < 1.29 is 9.59 Å². The number of imide groups is 1. The van der Waals surface area contributed by atoms with Crippen molar-refractivity contribution in [1.82, 2.24) is 4.90 Å². The van der Waals surface area contributed by atoms with E-state index in [0.29, 0.717) is 35.1 Å². The average molecular weight is 457 g/mol. The van der Waals surface area contributed by atoms with Crippen LogP contribution in [0.4, 0.5) is 5.69 Å². The van der Waals surface area contributed by atoms with Crippen LogP contribution in [0, 0.1) is 20.8 Å². The highest BCUT2D eigenvalue weighted by Gasteiger charge is 2.43. The molecule has 0 radical (unpaired) electrons. The van der Waals surface area contributed by atoms with E-state index in [2.05, 4.69) is 23.1 Å². The monoisotopic (exact) mass is 456 g/mol. The average Bonchev–Trinajstić information content (AvgIpc) is 3.05. The molecule has 0 unspecified atom stereocenters. The second-order valence-corrected chi connectivity index (χ2v) is 9.30. The van der Waals surface area contributed by atoms with Gasteiger partial charge in [-0.15, -0.1) is 0 Å². The third-order valence-corrected chi connectivity index (χ3v) is 6.80. The lowest BCUT2D eigenvalue weighted by molar-refractivity contribution is -0.120. The van der Waals surface area contributed by atoms with Gasteiger partial charge in [-0.1, -0.05) is 65.7 Å². The maximum absolute atomic E-state index is 13.9. The van der Waals surface area contributed by atoms with E-state index >= 15 is 0 Å². The van der Waals surface area contributed by atoms with E-state index in [-0.39, 0.29) is 11.8 Å². The predicted molar refractivity (Wildman–Crippen MR) is 132 cm³/mol. The number of fused-ring (bicyclic) bond motifs is 1. The van der Waals surface area contributed by atoms with Crippen molar-refractivity contribution in [2.45, 2.75) is 33.7 Å². The van der Waals surface area contributed by atoms with Gasteiger partial charge in [0, 0.05) is 18.1 Å². The Kier molecular flexibility index (Phi) is 5.34. The Hall–Kier alpha value is -3.37. The lowest BCUT2D eigenvalue weighted by Crippen LogP contribution is -2.37. The minimum Gasteiger partial charge on any atom is -0.362 e. The summed E-state index contributed by atoms with van der Waals surface area (Å²) in [6.45, 7) is 7.18. The number of hydrogen-bond acceptors (Lipinski definition) is 3. The first-order valence-corrected chi connectivity index (χ1v) is 11.5. The predicted octanol–water partition coefficient (Wildman–Crippen LogP) is 5.61. The van der Waals surface area contributed by atoms with Crippen molar-refractivity contribution in [3.63, 3.8) is 0 Å². The van der Waals surface area contributed by atoms with E-state index in [9.17, 15) is 9.59 Å². The number of anilines is 1. The number of rotatable bonds is 3. The van der Waals surface area contributed by atoms with Crippen molar-refractivity contribution in [1.29, 1.82) is 0 Å². The minimum absolute atomic E-state index is 0.292. The van der Waals surface area contributed by atoms with E-state index in [1.54, 1.807) is 12.1 Å². The molecule has 0 aromatic heterocycles. The summed E-state index contributed by atoms with van der Waals surface area (Å²) >= 11 is 6.25. The number of carbonyl (C=O) groups is 2. The lowest BCUT2D eigenvalue weighted by Gasteiger charge is -2.31. The van der Waals surface area contributed by atoms with Gasteiger partial charge in [0.15, 0.2) is 0 Å². The van der Waals surface area contributed by atoms with Crippen LogP contribution in [0.5, 0.6) is 0 Å². The number of hydrogen-bond donors (Lipinski definition) is 0. The van der Waals surface area contributed by atoms with Crippen LogP contribution in [0.3, 0.4) is 0 Å². The quantitative estimate of drug-likeness (QED) is 0.481. The van der Waals surface area contributed by atoms with E-state index in [1.165, 1.54) is 16.0 Å². The largest absolute Gasteiger partial charge is 0.362 e. The van der Waals surface area contributed by atoms with Gasteiger partial charge in [-0.3, -0.25) is 9.59 Å². The molecule has 0 aliphatic carbocycles. The minimum atomic E-state index is -0.300. The first-order chi connectivity index (χ1) is 15.8. The molecular weight excluding hydrogens is 432 g/mol. The van der Waals surface area contributed by atoms with Crippen LogP contribution < -0.4 is 4.90 Å². The first-order valence-electron chi connectivity index (χ1n) is 11.1. The van der Waals surface area contributed by atoms with Gasteiger partial charge in [-0.2, -0.15) is 0 Å². The molecule has 0 saturated carbocycles. The summed E-state index contributed by atoms with van der Waals surface area (Å²) in [5, 5.41) is 0.490. The molecule has 3 aromatic carbocycles. The Morgan fingerprint density at radius 3 is 2.33 bits per heavy atom. The zero-order chi connectivity index (χ0) is 23.3. The van der Waals surface area contributed by atoms with Gasteiger partial charge in [-0.05, 0) is 67.1 Å². The topological polar surface area (TPSA) is 40.6 Å². The Labute approximate surface area is 199 Å². The number of nitrogens with zero attached hydrogens (tertiary/aromatic N) is 2. The molecule has 0 atom stereocenters. The van der Waals surface area contributed by atoms with Gasteiger partial charge in [0.1, 0.15) is 5.70 Å². The van der Waals surface area contributed by atoms with Crippen LogP contribution in [-0.2, 0) is 22.6 Å². The van der Waals surface area contributed by atoms with Crippen LogP contribution in [0.15, 0.2) is 66.4 Å². The standard InChI is InChI=1S/C28H25ClN2O2/c1-17-8-11-23(19(3)14-17)25-26(30-13-12-20-6-4-5-7-21(20)16-30)28(33)31(27(25)32)24-15-22(29)10-9-18(24)2/h4-11,14-15H,12-13,16H2,1-3H3. The van der Waals surface area contributed by atoms with E-state index in [0.717, 1.165) is 28.7 Å². The normalized spacial score (nSPS) is 16.0. The highest BCUT2D eigenvalue weighted by Crippen LogP contribution is 2.39. The lowest BCUT2D eigenvalue weighted by atomic mass is 9.95. The Bertz CT molecular complexity index is 1340. The van der Waals surface area contributed by atoms with Gasteiger partial charge in [-0.25, -0.2) is 4.90 Å². The van der Waals surface area contributed by atoms with E-state index < -0.39 is 0 Å². The number of carbonyl (C=O) groups excluding carboxylic acids is 2. The molecule has 0 spiro atoms. The second kappa shape index (κ2) is 8.20. The molecule has 2 heterocycles. The molecule has 0 bridgehead atoms. The van der Waals surface area contributed by atoms with E-state index in [4.69, 9.17) is 11.6 Å². The maximum atomic E-state index is 13.9. The summed E-state index contributed by atoms with van der Waals surface area (Å²) in [6.07, 6.45) is 0.831. The number of benzene rings is 3. The van der Waals surface area contributed by atoms with E-state index in [1.807, 2.05) is 51.1 Å². The molecule has 5 rings (SSSR count). The number of halogens is 1. The highest BCUT2D eigenvalue weighted by atomic mass is 35.5.